The average molecular weight is 232 g/mol. The number of carbonyl (C=O) groups excluding carboxylic acids is 1. The Morgan fingerprint density at radius 1 is 1.35 bits per heavy atom. The first kappa shape index (κ1) is 11.9. The molecule has 0 bridgehead atoms. The highest BCUT2D eigenvalue weighted by atomic mass is 16.6. The molecular weight excluding hydrogens is 216 g/mol. The molecule has 1 aromatic carbocycles. The number of hydrogen-bond acceptors (Lipinski definition) is 3. The van der Waals surface area contributed by atoms with E-state index in [9.17, 15) is 4.79 Å². The lowest BCUT2D eigenvalue weighted by atomic mass is 9.96. The number of carbonyl (C=O) groups is 1. The Bertz CT molecular complexity index is 393. The molecule has 0 aliphatic carbocycles. The van der Waals surface area contributed by atoms with Crippen molar-refractivity contribution in [2.75, 3.05) is 13.2 Å². The third-order valence-electron chi connectivity index (χ3n) is 3.02. The van der Waals surface area contributed by atoms with Gasteiger partial charge in [-0.15, -0.1) is 0 Å². The summed E-state index contributed by atoms with van der Waals surface area (Å²) < 4.78 is 10.8. The summed E-state index contributed by atoms with van der Waals surface area (Å²) in [5, 5.41) is 0. The van der Waals surface area contributed by atoms with E-state index in [1.54, 1.807) is 0 Å². The highest BCUT2D eigenvalue weighted by Crippen LogP contribution is 2.23. The van der Waals surface area contributed by atoms with Crippen LogP contribution in [0.15, 0.2) is 42.5 Å². The van der Waals surface area contributed by atoms with E-state index in [0.29, 0.717) is 5.57 Å². The normalized spacial score (nSPS) is 22.8. The molecule has 1 saturated heterocycles. The van der Waals surface area contributed by atoms with Crippen molar-refractivity contribution in [1.82, 2.24) is 0 Å². The topological polar surface area (TPSA) is 35.5 Å². The van der Waals surface area contributed by atoms with Gasteiger partial charge in [0.05, 0.1) is 18.3 Å². The van der Waals surface area contributed by atoms with Crippen LogP contribution in [-0.2, 0) is 14.3 Å². The van der Waals surface area contributed by atoms with Crippen LogP contribution >= 0.6 is 0 Å². The van der Waals surface area contributed by atoms with Crippen molar-refractivity contribution < 1.29 is 14.3 Å². The lowest BCUT2D eigenvalue weighted by Gasteiger charge is -2.21. The van der Waals surface area contributed by atoms with E-state index in [4.69, 9.17) is 9.47 Å². The molecule has 1 fully saturated rings. The van der Waals surface area contributed by atoms with Crippen molar-refractivity contribution in [2.24, 2.45) is 0 Å². The van der Waals surface area contributed by atoms with Crippen molar-refractivity contribution in [3.05, 3.63) is 48.0 Å². The van der Waals surface area contributed by atoms with E-state index in [0.717, 1.165) is 0 Å². The molecule has 1 aromatic rings. The fraction of sp³-hybridized carbons (Fsp3) is 0.357. The van der Waals surface area contributed by atoms with Gasteiger partial charge in [-0.1, -0.05) is 43.8 Å². The summed E-state index contributed by atoms with van der Waals surface area (Å²) in [6.07, 6.45) is -0.111. The van der Waals surface area contributed by atoms with Crippen molar-refractivity contribution >= 4 is 5.97 Å². The number of esters is 1. The molecule has 90 valence electrons. The monoisotopic (exact) mass is 232 g/mol. The molecule has 2 rings (SSSR count). The second-order valence-corrected chi connectivity index (χ2v) is 4.25. The lowest BCUT2D eigenvalue weighted by Crippen LogP contribution is -2.24. The second kappa shape index (κ2) is 5.15. The molecule has 0 saturated carbocycles. The zero-order valence-corrected chi connectivity index (χ0v) is 9.89. The molecule has 0 N–H and O–H groups in total. The van der Waals surface area contributed by atoms with E-state index in [-0.39, 0.29) is 31.2 Å². The van der Waals surface area contributed by atoms with Crippen LogP contribution in [0.4, 0.5) is 0 Å². The SMILES string of the molecule is C=C1COC(C(C)c2ccccc2)COC1=O. The molecule has 1 heterocycles. The third-order valence-corrected chi connectivity index (χ3v) is 3.02. The molecular formula is C14H16O3. The van der Waals surface area contributed by atoms with E-state index in [1.165, 1.54) is 5.56 Å². The first-order valence-corrected chi connectivity index (χ1v) is 5.70. The minimum atomic E-state index is -0.354. The van der Waals surface area contributed by atoms with E-state index in [1.807, 2.05) is 18.2 Å². The van der Waals surface area contributed by atoms with Gasteiger partial charge in [0.15, 0.2) is 0 Å². The van der Waals surface area contributed by atoms with Crippen LogP contribution in [0.1, 0.15) is 18.4 Å². The Morgan fingerprint density at radius 2 is 2.06 bits per heavy atom. The Balaban J connectivity index is 2.08. The Kier molecular flexibility index (Phi) is 3.59. The molecule has 3 heteroatoms. The average Bonchev–Trinajstić information content (AvgIpc) is 2.53. The van der Waals surface area contributed by atoms with Crippen LogP contribution < -0.4 is 0 Å². The molecule has 1 aliphatic rings. The fourth-order valence-corrected chi connectivity index (χ4v) is 1.83. The van der Waals surface area contributed by atoms with E-state index in [2.05, 4.69) is 25.6 Å². The van der Waals surface area contributed by atoms with Gasteiger partial charge in [-0.25, -0.2) is 4.79 Å². The molecule has 0 aromatic heterocycles. The maximum Gasteiger partial charge on any atom is 0.335 e. The highest BCUT2D eigenvalue weighted by Gasteiger charge is 2.26. The molecule has 0 radical (unpaired) electrons. The van der Waals surface area contributed by atoms with Crippen LogP contribution in [-0.4, -0.2) is 25.3 Å². The van der Waals surface area contributed by atoms with Gasteiger partial charge in [-0.05, 0) is 5.56 Å². The molecule has 2 unspecified atom stereocenters. The zero-order valence-electron chi connectivity index (χ0n) is 9.89. The minimum Gasteiger partial charge on any atom is -0.459 e. The molecule has 0 spiro atoms. The quantitative estimate of drug-likeness (QED) is 0.579. The van der Waals surface area contributed by atoms with Gasteiger partial charge >= 0.3 is 5.97 Å². The van der Waals surface area contributed by atoms with Crippen LogP contribution in [0.25, 0.3) is 0 Å². The summed E-state index contributed by atoms with van der Waals surface area (Å²) in [5.74, 6) is -0.164. The third kappa shape index (κ3) is 2.74. The van der Waals surface area contributed by atoms with E-state index >= 15 is 0 Å². The summed E-state index contributed by atoms with van der Waals surface area (Å²) in [6, 6.07) is 10.1. The van der Waals surface area contributed by atoms with Gasteiger partial charge in [-0.3, -0.25) is 0 Å². The first-order chi connectivity index (χ1) is 8.18. The van der Waals surface area contributed by atoms with Crippen molar-refractivity contribution in [2.45, 2.75) is 18.9 Å². The maximum absolute atomic E-state index is 11.3. The lowest BCUT2D eigenvalue weighted by molar-refractivity contribution is -0.139. The summed E-state index contributed by atoms with van der Waals surface area (Å²) >= 11 is 0. The van der Waals surface area contributed by atoms with Crippen LogP contribution in [0.5, 0.6) is 0 Å². The number of cyclic esters (lactones) is 1. The predicted octanol–water partition coefficient (Wildman–Crippen LogP) is 2.29. The smallest absolute Gasteiger partial charge is 0.335 e. The predicted molar refractivity (Wildman–Crippen MR) is 64.7 cm³/mol. The summed E-state index contributed by atoms with van der Waals surface area (Å²) in [6.45, 7) is 6.23. The van der Waals surface area contributed by atoms with Gasteiger partial charge < -0.3 is 9.47 Å². The summed E-state index contributed by atoms with van der Waals surface area (Å²) in [7, 11) is 0. The number of benzene rings is 1. The zero-order chi connectivity index (χ0) is 12.3. The minimum absolute atomic E-state index is 0.111. The van der Waals surface area contributed by atoms with Crippen LogP contribution in [0.3, 0.4) is 0 Å². The second-order valence-electron chi connectivity index (χ2n) is 4.25. The molecule has 1 aliphatic heterocycles. The van der Waals surface area contributed by atoms with Crippen molar-refractivity contribution in [3.63, 3.8) is 0 Å². The number of ether oxygens (including phenoxy) is 2. The maximum atomic E-state index is 11.3. The van der Waals surface area contributed by atoms with Gasteiger partial charge in [0.1, 0.15) is 6.61 Å². The van der Waals surface area contributed by atoms with Crippen LogP contribution in [0, 0.1) is 0 Å². The van der Waals surface area contributed by atoms with Crippen molar-refractivity contribution in [3.8, 4) is 0 Å². The number of rotatable bonds is 2. The molecule has 0 amide bonds. The number of hydrogen-bond donors (Lipinski definition) is 0. The summed E-state index contributed by atoms with van der Waals surface area (Å²) in [4.78, 5) is 11.3. The first-order valence-electron chi connectivity index (χ1n) is 5.70. The fourth-order valence-electron chi connectivity index (χ4n) is 1.83. The molecule has 2 atom stereocenters. The molecule has 17 heavy (non-hydrogen) atoms. The largest absolute Gasteiger partial charge is 0.459 e. The van der Waals surface area contributed by atoms with Gasteiger partial charge in [0.25, 0.3) is 0 Å². The standard InChI is InChI=1S/C14H16O3/c1-10-8-16-13(9-17-14(10)15)11(2)12-6-4-3-5-7-12/h3-7,11,13H,1,8-9H2,2H3. The highest BCUT2D eigenvalue weighted by molar-refractivity contribution is 5.88. The van der Waals surface area contributed by atoms with Gasteiger partial charge in [-0.2, -0.15) is 0 Å². The van der Waals surface area contributed by atoms with Crippen molar-refractivity contribution in [1.29, 1.82) is 0 Å². The van der Waals surface area contributed by atoms with Gasteiger partial charge in [0.2, 0.25) is 0 Å². The van der Waals surface area contributed by atoms with Gasteiger partial charge in [0, 0.05) is 5.92 Å². The Hall–Kier alpha value is -1.61. The Labute approximate surface area is 101 Å². The Morgan fingerprint density at radius 3 is 2.76 bits per heavy atom. The summed E-state index contributed by atoms with van der Waals surface area (Å²) in [5.41, 5.74) is 1.56. The molecule has 3 nitrogen and oxygen atoms in total. The van der Waals surface area contributed by atoms with Crippen LogP contribution in [0.2, 0.25) is 0 Å². The van der Waals surface area contributed by atoms with E-state index < -0.39 is 0 Å².